The second-order valence-electron chi connectivity index (χ2n) is 6.73. The summed E-state index contributed by atoms with van der Waals surface area (Å²) < 4.78 is 21.7. The van der Waals surface area contributed by atoms with Crippen molar-refractivity contribution in [3.8, 4) is 17.2 Å². The number of rotatable bonds is 6. The SMILES string of the molecule is C=CC[C@@H]1CC=C[C@@H](C)N1C(=O)c1coc(COc2ccc3c(c2)OCO3)n1. The van der Waals surface area contributed by atoms with Gasteiger partial charge in [0.1, 0.15) is 12.0 Å². The lowest BCUT2D eigenvalue weighted by Gasteiger charge is -2.36. The highest BCUT2D eigenvalue weighted by atomic mass is 16.7. The summed E-state index contributed by atoms with van der Waals surface area (Å²) in [6.07, 6.45) is 8.90. The summed E-state index contributed by atoms with van der Waals surface area (Å²) in [4.78, 5) is 19.1. The largest absolute Gasteiger partial charge is 0.484 e. The average molecular weight is 382 g/mol. The van der Waals surface area contributed by atoms with Gasteiger partial charge in [-0.15, -0.1) is 6.58 Å². The van der Waals surface area contributed by atoms with E-state index in [0.717, 1.165) is 12.8 Å². The molecule has 1 aromatic heterocycles. The molecule has 0 saturated heterocycles. The normalized spacial score (nSPS) is 20.2. The minimum atomic E-state index is -0.151. The fourth-order valence-corrected chi connectivity index (χ4v) is 3.44. The lowest BCUT2D eigenvalue weighted by atomic mass is 10.00. The van der Waals surface area contributed by atoms with Crippen molar-refractivity contribution < 1.29 is 23.4 Å². The number of carbonyl (C=O) groups excluding carboxylic acids is 1. The molecule has 4 rings (SSSR count). The van der Waals surface area contributed by atoms with Gasteiger partial charge in [0, 0.05) is 18.2 Å². The zero-order valence-electron chi connectivity index (χ0n) is 15.7. The summed E-state index contributed by atoms with van der Waals surface area (Å²) in [6, 6.07) is 5.39. The van der Waals surface area contributed by atoms with Crippen molar-refractivity contribution in [1.29, 1.82) is 0 Å². The summed E-state index contributed by atoms with van der Waals surface area (Å²) in [5.74, 6) is 2.12. The van der Waals surface area contributed by atoms with Crippen LogP contribution in [0.4, 0.5) is 0 Å². The Morgan fingerprint density at radius 2 is 2.25 bits per heavy atom. The molecule has 2 aliphatic heterocycles. The Morgan fingerprint density at radius 3 is 3.11 bits per heavy atom. The maximum absolute atomic E-state index is 13.0. The first-order valence-corrected chi connectivity index (χ1v) is 9.23. The molecular formula is C21H22N2O5. The van der Waals surface area contributed by atoms with Crippen molar-refractivity contribution in [3.05, 3.63) is 60.9 Å². The first kappa shape index (κ1) is 18.2. The van der Waals surface area contributed by atoms with Crippen molar-refractivity contribution >= 4 is 5.91 Å². The fraction of sp³-hybridized carbons (Fsp3) is 0.333. The molecule has 7 nitrogen and oxygen atoms in total. The van der Waals surface area contributed by atoms with Crippen molar-refractivity contribution in [3.63, 3.8) is 0 Å². The zero-order chi connectivity index (χ0) is 19.5. The molecule has 0 saturated carbocycles. The molecule has 1 amide bonds. The average Bonchev–Trinajstić information content (AvgIpc) is 3.35. The molecule has 0 unspecified atom stereocenters. The Hall–Kier alpha value is -3.22. The molecule has 0 N–H and O–H groups in total. The summed E-state index contributed by atoms with van der Waals surface area (Å²) >= 11 is 0. The topological polar surface area (TPSA) is 74.0 Å². The van der Waals surface area contributed by atoms with Gasteiger partial charge in [-0.1, -0.05) is 18.2 Å². The van der Waals surface area contributed by atoms with Gasteiger partial charge in [-0.05, 0) is 31.9 Å². The van der Waals surface area contributed by atoms with E-state index in [9.17, 15) is 4.79 Å². The number of benzene rings is 1. The second-order valence-corrected chi connectivity index (χ2v) is 6.73. The van der Waals surface area contributed by atoms with E-state index in [2.05, 4.69) is 17.6 Å². The van der Waals surface area contributed by atoms with Gasteiger partial charge < -0.3 is 23.5 Å². The van der Waals surface area contributed by atoms with E-state index in [4.69, 9.17) is 18.6 Å². The molecule has 0 bridgehead atoms. The van der Waals surface area contributed by atoms with E-state index in [0.29, 0.717) is 23.1 Å². The highest BCUT2D eigenvalue weighted by molar-refractivity contribution is 5.92. The number of ether oxygens (including phenoxy) is 3. The number of hydrogen-bond acceptors (Lipinski definition) is 6. The molecule has 0 radical (unpaired) electrons. The monoisotopic (exact) mass is 382 g/mol. The highest BCUT2D eigenvalue weighted by Crippen LogP contribution is 2.35. The predicted molar refractivity (Wildman–Crippen MR) is 101 cm³/mol. The molecule has 146 valence electrons. The molecule has 1 aromatic carbocycles. The standard InChI is InChI=1S/C21H22N2O5/c1-3-5-15-7-4-6-14(2)23(15)21(24)17-11-26-20(22-17)12-25-16-8-9-18-19(10-16)28-13-27-18/h3-4,6,8-11,14-15H,1,5,7,12-13H2,2H3/t14-,15-/m1/s1. The van der Waals surface area contributed by atoms with Crippen molar-refractivity contribution in [1.82, 2.24) is 9.88 Å². The van der Waals surface area contributed by atoms with Crippen LogP contribution in [-0.2, 0) is 6.61 Å². The molecule has 28 heavy (non-hydrogen) atoms. The first-order chi connectivity index (χ1) is 13.7. The lowest BCUT2D eigenvalue weighted by Crippen LogP contribution is -2.47. The summed E-state index contributed by atoms with van der Waals surface area (Å²) in [6.45, 7) is 6.11. The molecule has 0 fully saturated rings. The van der Waals surface area contributed by atoms with Gasteiger partial charge in [0.05, 0.1) is 0 Å². The van der Waals surface area contributed by atoms with Gasteiger partial charge in [-0.3, -0.25) is 4.79 Å². The highest BCUT2D eigenvalue weighted by Gasteiger charge is 2.30. The van der Waals surface area contributed by atoms with Crippen LogP contribution in [0.5, 0.6) is 17.2 Å². The summed E-state index contributed by atoms with van der Waals surface area (Å²) in [7, 11) is 0. The third kappa shape index (κ3) is 3.60. The Kier molecular flexibility index (Phi) is 5.06. The van der Waals surface area contributed by atoms with Crippen molar-refractivity contribution in [2.45, 2.75) is 38.5 Å². The van der Waals surface area contributed by atoms with Gasteiger partial charge in [0.25, 0.3) is 5.91 Å². The van der Waals surface area contributed by atoms with Gasteiger partial charge >= 0.3 is 0 Å². The fourth-order valence-electron chi connectivity index (χ4n) is 3.44. The van der Waals surface area contributed by atoms with Crippen molar-refractivity contribution in [2.75, 3.05) is 6.79 Å². The maximum atomic E-state index is 13.0. The summed E-state index contributed by atoms with van der Waals surface area (Å²) in [5, 5.41) is 0. The van der Waals surface area contributed by atoms with E-state index in [1.54, 1.807) is 18.2 Å². The minimum Gasteiger partial charge on any atom is -0.484 e. The molecule has 3 heterocycles. The Labute approximate surface area is 163 Å². The number of aromatic nitrogens is 1. The van der Waals surface area contributed by atoms with Crippen LogP contribution >= 0.6 is 0 Å². The van der Waals surface area contributed by atoms with E-state index >= 15 is 0 Å². The molecule has 0 spiro atoms. The van der Waals surface area contributed by atoms with Crippen molar-refractivity contribution in [2.24, 2.45) is 0 Å². The Balaban J connectivity index is 1.42. The Morgan fingerprint density at radius 1 is 1.39 bits per heavy atom. The van der Waals surface area contributed by atoms with E-state index in [1.165, 1.54) is 6.26 Å². The number of nitrogens with zero attached hydrogens (tertiary/aromatic N) is 2. The molecule has 2 aliphatic rings. The minimum absolute atomic E-state index is 0.00349. The molecule has 7 heteroatoms. The van der Waals surface area contributed by atoms with E-state index in [1.807, 2.05) is 24.0 Å². The number of oxazole rings is 1. The maximum Gasteiger partial charge on any atom is 0.276 e. The molecule has 2 aromatic rings. The summed E-state index contributed by atoms with van der Waals surface area (Å²) in [5.41, 5.74) is 0.278. The van der Waals surface area contributed by atoms with Gasteiger partial charge in [-0.25, -0.2) is 4.98 Å². The van der Waals surface area contributed by atoms with Crippen LogP contribution in [0.2, 0.25) is 0 Å². The van der Waals surface area contributed by atoms with E-state index in [-0.39, 0.29) is 37.1 Å². The predicted octanol–water partition coefficient (Wildman–Crippen LogP) is 3.72. The van der Waals surface area contributed by atoms with Crippen LogP contribution in [0.25, 0.3) is 0 Å². The van der Waals surface area contributed by atoms with Crippen LogP contribution in [0.15, 0.2) is 53.7 Å². The third-order valence-electron chi connectivity index (χ3n) is 4.81. The van der Waals surface area contributed by atoms with E-state index < -0.39 is 0 Å². The number of carbonyl (C=O) groups is 1. The first-order valence-electron chi connectivity index (χ1n) is 9.23. The van der Waals surface area contributed by atoms with Crippen LogP contribution in [0.1, 0.15) is 36.1 Å². The lowest BCUT2D eigenvalue weighted by molar-refractivity contribution is 0.0616. The zero-order valence-corrected chi connectivity index (χ0v) is 15.7. The quantitative estimate of drug-likeness (QED) is 0.709. The molecule has 2 atom stereocenters. The van der Waals surface area contributed by atoms with Gasteiger partial charge in [0.15, 0.2) is 23.8 Å². The van der Waals surface area contributed by atoms with Gasteiger partial charge in [-0.2, -0.15) is 0 Å². The molecular weight excluding hydrogens is 360 g/mol. The van der Waals surface area contributed by atoms with Crippen LogP contribution in [0.3, 0.4) is 0 Å². The van der Waals surface area contributed by atoms with Crippen LogP contribution in [0, 0.1) is 0 Å². The number of hydrogen-bond donors (Lipinski definition) is 0. The Bertz CT molecular complexity index is 904. The second kappa shape index (κ2) is 7.80. The smallest absolute Gasteiger partial charge is 0.276 e. The van der Waals surface area contributed by atoms with Crippen LogP contribution in [-0.4, -0.2) is 34.7 Å². The molecule has 0 aliphatic carbocycles. The number of fused-ring (bicyclic) bond motifs is 1. The third-order valence-corrected chi connectivity index (χ3v) is 4.81. The van der Waals surface area contributed by atoms with Crippen LogP contribution < -0.4 is 14.2 Å². The van der Waals surface area contributed by atoms with Gasteiger partial charge in [0.2, 0.25) is 12.7 Å². The number of amides is 1.